The van der Waals surface area contributed by atoms with Crippen LogP contribution in [0.3, 0.4) is 0 Å². The first-order valence-corrected chi connectivity index (χ1v) is 8.69. The molecule has 0 spiro atoms. The summed E-state index contributed by atoms with van der Waals surface area (Å²) in [5.41, 5.74) is 0.635. The van der Waals surface area contributed by atoms with Gasteiger partial charge in [-0.1, -0.05) is 19.1 Å². The monoisotopic (exact) mass is 375 g/mol. The summed E-state index contributed by atoms with van der Waals surface area (Å²) >= 11 is 0. The molecule has 0 radical (unpaired) electrons. The zero-order chi connectivity index (χ0) is 19.4. The third-order valence-corrected chi connectivity index (χ3v) is 4.82. The van der Waals surface area contributed by atoms with E-state index in [2.05, 4.69) is 12.0 Å². The number of hydrogen-bond acceptors (Lipinski definition) is 5. The van der Waals surface area contributed by atoms with Crippen LogP contribution in [-0.2, 0) is 4.74 Å². The standard InChI is InChI=1S/C17H21N5O5/c1-13-11-27-12-15(13)10-20-8-7-19(17(20)18-22(25)26)6-5-14-3-2-4-16(9-14)21(23)24/h2-6,9,13,15H,7-8,10-12H2,1H3. The molecular weight excluding hydrogens is 354 g/mol. The number of ether oxygens (including phenoxy) is 1. The van der Waals surface area contributed by atoms with Crippen molar-refractivity contribution in [2.24, 2.45) is 16.9 Å². The molecular formula is C17H21N5O5. The summed E-state index contributed by atoms with van der Waals surface area (Å²) in [4.78, 5) is 25.0. The van der Waals surface area contributed by atoms with E-state index in [0.717, 1.165) is 0 Å². The molecule has 2 unspecified atom stereocenters. The molecule has 0 N–H and O–H groups in total. The maximum atomic E-state index is 11.0. The zero-order valence-corrected chi connectivity index (χ0v) is 14.9. The van der Waals surface area contributed by atoms with E-state index >= 15 is 0 Å². The van der Waals surface area contributed by atoms with Gasteiger partial charge in [-0.15, -0.1) is 0 Å². The van der Waals surface area contributed by atoms with Gasteiger partial charge >= 0.3 is 0 Å². The molecule has 3 rings (SSSR count). The molecule has 2 heterocycles. The topological polar surface area (TPSA) is 114 Å². The molecule has 2 aliphatic rings. The van der Waals surface area contributed by atoms with Gasteiger partial charge in [0.1, 0.15) is 5.10 Å². The van der Waals surface area contributed by atoms with E-state index in [1.165, 1.54) is 12.1 Å². The highest BCUT2D eigenvalue weighted by Crippen LogP contribution is 2.23. The van der Waals surface area contributed by atoms with Crippen molar-refractivity contribution in [3.63, 3.8) is 0 Å². The number of benzene rings is 1. The first-order valence-electron chi connectivity index (χ1n) is 8.69. The fraction of sp³-hybridized carbons (Fsp3) is 0.471. The lowest BCUT2D eigenvalue weighted by Gasteiger charge is -2.23. The molecule has 2 aliphatic heterocycles. The summed E-state index contributed by atoms with van der Waals surface area (Å²) in [6.07, 6.45) is 3.36. The quantitative estimate of drug-likeness (QED) is 0.552. The van der Waals surface area contributed by atoms with Crippen molar-refractivity contribution in [3.05, 3.63) is 56.3 Å². The molecule has 1 aromatic rings. The molecule has 144 valence electrons. The number of nitrogens with zero attached hydrogens (tertiary/aromatic N) is 5. The van der Waals surface area contributed by atoms with Crippen molar-refractivity contribution in [2.45, 2.75) is 6.92 Å². The van der Waals surface area contributed by atoms with Crippen molar-refractivity contribution in [1.29, 1.82) is 0 Å². The molecule has 0 aliphatic carbocycles. The summed E-state index contributed by atoms with van der Waals surface area (Å²) in [6, 6.07) is 6.20. The molecule has 2 fully saturated rings. The van der Waals surface area contributed by atoms with Crippen LogP contribution in [0.25, 0.3) is 6.08 Å². The summed E-state index contributed by atoms with van der Waals surface area (Å²) < 4.78 is 5.48. The Morgan fingerprint density at radius 1 is 1.30 bits per heavy atom. The van der Waals surface area contributed by atoms with Crippen LogP contribution < -0.4 is 0 Å². The number of nitro groups is 2. The average molecular weight is 375 g/mol. The molecule has 0 saturated carbocycles. The minimum atomic E-state index is -0.698. The molecule has 1 aromatic carbocycles. The van der Waals surface area contributed by atoms with E-state index in [0.29, 0.717) is 50.2 Å². The second-order valence-electron chi connectivity index (χ2n) is 6.72. The van der Waals surface area contributed by atoms with E-state index in [1.807, 2.05) is 4.90 Å². The molecule has 2 saturated heterocycles. The minimum Gasteiger partial charge on any atom is -0.381 e. The number of non-ortho nitro benzene ring substituents is 1. The molecule has 0 amide bonds. The van der Waals surface area contributed by atoms with Crippen LogP contribution in [0, 0.1) is 32.1 Å². The van der Waals surface area contributed by atoms with Gasteiger partial charge in [-0.3, -0.25) is 10.1 Å². The van der Waals surface area contributed by atoms with Crippen LogP contribution >= 0.6 is 0 Å². The van der Waals surface area contributed by atoms with E-state index in [-0.39, 0.29) is 11.6 Å². The lowest BCUT2D eigenvalue weighted by molar-refractivity contribution is -0.486. The van der Waals surface area contributed by atoms with Crippen molar-refractivity contribution < 1.29 is 14.7 Å². The SMILES string of the molecule is CC1COCC1CN1CCN(C=Cc2cccc([N+](=O)[O-])c2)C1=N[N+](=O)[O-]. The van der Waals surface area contributed by atoms with Crippen molar-refractivity contribution in [2.75, 3.05) is 32.8 Å². The normalized spacial score (nSPS) is 24.3. The lowest BCUT2D eigenvalue weighted by Crippen LogP contribution is -2.37. The van der Waals surface area contributed by atoms with E-state index in [1.54, 1.807) is 29.3 Å². The summed E-state index contributed by atoms with van der Waals surface area (Å²) in [5, 5.41) is 24.7. The molecule has 0 bridgehead atoms. The van der Waals surface area contributed by atoms with Gasteiger partial charge in [0.25, 0.3) is 11.6 Å². The summed E-state index contributed by atoms with van der Waals surface area (Å²) in [7, 11) is 0. The van der Waals surface area contributed by atoms with E-state index < -0.39 is 9.96 Å². The van der Waals surface area contributed by atoms with Crippen LogP contribution in [0.4, 0.5) is 5.69 Å². The Morgan fingerprint density at radius 2 is 2.11 bits per heavy atom. The van der Waals surface area contributed by atoms with Gasteiger partial charge in [-0.25, -0.2) is 10.1 Å². The van der Waals surface area contributed by atoms with Crippen LogP contribution in [-0.4, -0.2) is 58.6 Å². The summed E-state index contributed by atoms with van der Waals surface area (Å²) in [5.74, 6) is 0.986. The lowest BCUT2D eigenvalue weighted by atomic mass is 9.98. The van der Waals surface area contributed by atoms with Crippen LogP contribution in [0.1, 0.15) is 12.5 Å². The smallest absolute Gasteiger partial charge is 0.278 e. The molecule has 2 atom stereocenters. The maximum Gasteiger partial charge on any atom is 0.278 e. The molecule has 27 heavy (non-hydrogen) atoms. The second kappa shape index (κ2) is 8.12. The highest BCUT2D eigenvalue weighted by Gasteiger charge is 2.33. The summed E-state index contributed by atoms with van der Waals surface area (Å²) in [6.45, 7) is 5.28. The molecule has 0 aromatic heterocycles. The largest absolute Gasteiger partial charge is 0.381 e. The Hall–Kier alpha value is -3.01. The van der Waals surface area contributed by atoms with Crippen molar-refractivity contribution >= 4 is 17.7 Å². The fourth-order valence-electron chi connectivity index (χ4n) is 3.26. The van der Waals surface area contributed by atoms with E-state index in [9.17, 15) is 20.2 Å². The molecule has 10 nitrogen and oxygen atoms in total. The van der Waals surface area contributed by atoms with Crippen LogP contribution in [0.15, 0.2) is 35.6 Å². The number of hydrogen-bond donors (Lipinski definition) is 0. The highest BCUT2D eigenvalue weighted by molar-refractivity contribution is 5.83. The van der Waals surface area contributed by atoms with Crippen LogP contribution in [0.5, 0.6) is 0 Å². The third-order valence-electron chi connectivity index (χ3n) is 4.82. The Kier molecular flexibility index (Phi) is 5.65. The van der Waals surface area contributed by atoms with Gasteiger partial charge in [0.15, 0.2) is 5.03 Å². The number of guanidine groups is 1. The zero-order valence-electron chi connectivity index (χ0n) is 14.9. The van der Waals surface area contributed by atoms with Gasteiger partial charge in [-0.05, 0) is 17.6 Å². The second-order valence-corrected chi connectivity index (χ2v) is 6.72. The average Bonchev–Trinajstić information content (AvgIpc) is 3.20. The van der Waals surface area contributed by atoms with Crippen molar-refractivity contribution in [3.8, 4) is 0 Å². The Balaban J connectivity index is 1.75. The Bertz CT molecular complexity index is 781. The first kappa shape index (κ1) is 18.8. The maximum absolute atomic E-state index is 11.0. The van der Waals surface area contributed by atoms with Gasteiger partial charge in [0.2, 0.25) is 0 Å². The Labute approximate surface area is 156 Å². The number of nitro benzene ring substituents is 1. The fourth-order valence-corrected chi connectivity index (χ4v) is 3.26. The minimum absolute atomic E-state index is 0.00500. The number of rotatable bonds is 6. The highest BCUT2D eigenvalue weighted by atomic mass is 16.7. The van der Waals surface area contributed by atoms with Gasteiger partial charge in [-0.2, -0.15) is 0 Å². The van der Waals surface area contributed by atoms with Crippen LogP contribution in [0.2, 0.25) is 0 Å². The van der Waals surface area contributed by atoms with Crippen molar-refractivity contribution in [1.82, 2.24) is 9.80 Å². The van der Waals surface area contributed by atoms with Gasteiger partial charge in [0, 0.05) is 50.5 Å². The molecule has 10 heteroatoms. The third kappa shape index (κ3) is 4.59. The number of hydrazone groups is 1. The predicted molar refractivity (Wildman–Crippen MR) is 98.3 cm³/mol. The van der Waals surface area contributed by atoms with Gasteiger partial charge in [0.05, 0.1) is 11.5 Å². The predicted octanol–water partition coefficient (Wildman–Crippen LogP) is 2.01. The van der Waals surface area contributed by atoms with E-state index in [4.69, 9.17) is 4.74 Å². The first-order chi connectivity index (χ1) is 12.9. The Morgan fingerprint density at radius 3 is 2.78 bits per heavy atom. The van der Waals surface area contributed by atoms with Gasteiger partial charge < -0.3 is 14.5 Å².